The van der Waals surface area contributed by atoms with Gasteiger partial charge < -0.3 is 0 Å². The van der Waals surface area contributed by atoms with E-state index >= 15 is 0 Å². The quantitative estimate of drug-likeness (QED) is 0.853. The van der Waals surface area contributed by atoms with E-state index in [4.69, 9.17) is 0 Å². The molecule has 0 bridgehead atoms. The zero-order chi connectivity index (χ0) is 14.8. The molecule has 0 amide bonds. The normalized spacial score (nSPS) is 17.3. The molecule has 1 aromatic carbocycles. The Morgan fingerprint density at radius 1 is 1.38 bits per heavy atom. The van der Waals surface area contributed by atoms with Gasteiger partial charge in [-0.05, 0) is 0 Å². The summed E-state index contributed by atoms with van der Waals surface area (Å²) in [5.41, 5.74) is 1.70. The summed E-state index contributed by atoms with van der Waals surface area (Å²) in [4.78, 5) is 16.2. The molecule has 1 aliphatic heterocycles. The number of Topliss-reactive ketones (excluding diaryl/α,β-unsaturated/α-hetero) is 1. The van der Waals surface area contributed by atoms with Crippen LogP contribution in [0.5, 0.6) is 0 Å². The van der Waals surface area contributed by atoms with Crippen molar-refractivity contribution in [1.82, 2.24) is 14.8 Å². The number of carbonyl (C=O) groups is 1. The second kappa shape index (κ2) is 5.84. The number of allylic oxidation sites excluding steroid dienone is 2. The van der Waals surface area contributed by atoms with Gasteiger partial charge in [0.1, 0.15) is 0 Å². The first kappa shape index (κ1) is 14.0. The van der Waals surface area contributed by atoms with E-state index in [1.165, 1.54) is 10.8 Å². The standard InChI is InChI=1S/C15H16N4OSe/c1-10-14(11(2)20)13(19-15(18-10)16-9-17-19)8-21-12-6-4-3-5-7-12/h3-7,9,13H,8H2,1-2H3,(H,16,17,18). The average Bonchev–Trinajstić information content (AvgIpc) is 2.93. The Hall–Kier alpha value is -1.91. The Balaban J connectivity index is 1.89. The van der Waals surface area contributed by atoms with Crippen LogP contribution in [0.25, 0.3) is 0 Å². The molecule has 1 N–H and O–H groups in total. The number of carbonyl (C=O) groups excluding carboxylic acids is 1. The van der Waals surface area contributed by atoms with Gasteiger partial charge in [0, 0.05) is 0 Å². The third-order valence-corrected chi connectivity index (χ3v) is 5.72. The topological polar surface area (TPSA) is 59.8 Å². The molecule has 3 rings (SSSR count). The summed E-state index contributed by atoms with van der Waals surface area (Å²) in [5.74, 6) is 0.807. The summed E-state index contributed by atoms with van der Waals surface area (Å²) in [5, 5.41) is 8.33. The molecule has 2 aromatic rings. The molecule has 1 aliphatic rings. The molecule has 21 heavy (non-hydrogen) atoms. The minimum atomic E-state index is -0.0264. The number of hydrogen-bond donors (Lipinski definition) is 1. The monoisotopic (exact) mass is 348 g/mol. The number of nitrogens with one attached hydrogen (secondary N) is 1. The number of anilines is 1. The van der Waals surface area contributed by atoms with E-state index in [2.05, 4.69) is 27.5 Å². The maximum absolute atomic E-state index is 12.0. The summed E-state index contributed by atoms with van der Waals surface area (Å²) < 4.78 is 3.15. The average molecular weight is 347 g/mol. The van der Waals surface area contributed by atoms with E-state index < -0.39 is 0 Å². The first-order chi connectivity index (χ1) is 10.2. The predicted molar refractivity (Wildman–Crippen MR) is 82.7 cm³/mol. The summed E-state index contributed by atoms with van der Waals surface area (Å²) in [6.07, 6.45) is 1.53. The van der Waals surface area contributed by atoms with Crippen molar-refractivity contribution in [3.8, 4) is 0 Å². The second-order valence-electron chi connectivity index (χ2n) is 4.89. The first-order valence-corrected chi connectivity index (χ1v) is 8.79. The van der Waals surface area contributed by atoms with Crippen LogP contribution in [0.2, 0.25) is 5.32 Å². The third kappa shape index (κ3) is 2.77. The van der Waals surface area contributed by atoms with Crippen LogP contribution in [0.4, 0.5) is 5.95 Å². The van der Waals surface area contributed by atoms with Gasteiger partial charge >= 0.3 is 129 Å². The van der Waals surface area contributed by atoms with Gasteiger partial charge in [0.15, 0.2) is 0 Å². The van der Waals surface area contributed by atoms with Crippen molar-refractivity contribution in [3.63, 3.8) is 0 Å². The van der Waals surface area contributed by atoms with Gasteiger partial charge in [-0.1, -0.05) is 0 Å². The molecule has 0 aliphatic carbocycles. The van der Waals surface area contributed by atoms with Crippen LogP contribution in [0.3, 0.4) is 0 Å². The number of benzene rings is 1. The van der Waals surface area contributed by atoms with Crippen molar-refractivity contribution in [1.29, 1.82) is 0 Å². The van der Waals surface area contributed by atoms with Crippen molar-refractivity contribution < 1.29 is 4.79 Å². The Kier molecular flexibility index (Phi) is 3.90. The molecule has 0 spiro atoms. The van der Waals surface area contributed by atoms with Gasteiger partial charge in [-0.3, -0.25) is 0 Å². The van der Waals surface area contributed by atoms with Crippen LogP contribution in [0.15, 0.2) is 47.9 Å². The molecule has 0 saturated heterocycles. The number of hydrogen-bond acceptors (Lipinski definition) is 4. The molecule has 1 unspecified atom stereocenters. The molecule has 108 valence electrons. The van der Waals surface area contributed by atoms with E-state index in [0.717, 1.165) is 16.6 Å². The molecular formula is C15H16N4OSe. The molecule has 0 fully saturated rings. The molecule has 2 heterocycles. The summed E-state index contributed by atoms with van der Waals surface area (Å²) in [6, 6.07) is 10.4. The van der Waals surface area contributed by atoms with E-state index in [9.17, 15) is 4.79 Å². The van der Waals surface area contributed by atoms with Crippen LogP contribution < -0.4 is 9.78 Å². The number of nitrogens with zero attached hydrogens (tertiary/aromatic N) is 3. The fourth-order valence-electron chi connectivity index (χ4n) is 2.52. The zero-order valence-electron chi connectivity index (χ0n) is 11.9. The van der Waals surface area contributed by atoms with Crippen molar-refractivity contribution in [2.75, 3.05) is 5.32 Å². The van der Waals surface area contributed by atoms with Crippen LogP contribution in [-0.4, -0.2) is 35.5 Å². The summed E-state index contributed by atoms with van der Waals surface area (Å²) in [6.45, 7) is 3.54. The van der Waals surface area contributed by atoms with Crippen molar-refractivity contribution in [2.45, 2.75) is 25.2 Å². The van der Waals surface area contributed by atoms with Gasteiger partial charge in [-0.2, -0.15) is 0 Å². The van der Waals surface area contributed by atoms with Gasteiger partial charge in [0.2, 0.25) is 0 Å². The molecular weight excluding hydrogens is 331 g/mol. The molecule has 0 radical (unpaired) electrons. The van der Waals surface area contributed by atoms with Crippen molar-refractivity contribution in [3.05, 3.63) is 47.9 Å². The van der Waals surface area contributed by atoms with Crippen LogP contribution in [0, 0.1) is 0 Å². The van der Waals surface area contributed by atoms with Crippen LogP contribution in [0.1, 0.15) is 19.9 Å². The molecule has 5 nitrogen and oxygen atoms in total. The van der Waals surface area contributed by atoms with Gasteiger partial charge in [-0.15, -0.1) is 0 Å². The predicted octanol–water partition coefficient (Wildman–Crippen LogP) is 1.56. The molecule has 1 aromatic heterocycles. The van der Waals surface area contributed by atoms with Gasteiger partial charge in [0.05, 0.1) is 0 Å². The Morgan fingerprint density at radius 3 is 2.86 bits per heavy atom. The number of rotatable bonds is 4. The van der Waals surface area contributed by atoms with E-state index in [1.54, 1.807) is 6.92 Å². The Labute approximate surface area is 129 Å². The first-order valence-electron chi connectivity index (χ1n) is 6.73. The number of fused-ring (bicyclic) bond motifs is 1. The van der Waals surface area contributed by atoms with E-state index in [0.29, 0.717) is 5.95 Å². The van der Waals surface area contributed by atoms with Crippen molar-refractivity contribution in [2.24, 2.45) is 0 Å². The van der Waals surface area contributed by atoms with E-state index in [-0.39, 0.29) is 26.8 Å². The molecule has 6 heteroatoms. The fraction of sp³-hybridized carbons (Fsp3) is 0.267. The Morgan fingerprint density at radius 2 is 2.14 bits per heavy atom. The number of aromatic nitrogens is 3. The Bertz CT molecular complexity index is 693. The maximum atomic E-state index is 12.0. The van der Waals surface area contributed by atoms with Crippen LogP contribution in [-0.2, 0) is 4.79 Å². The molecule has 1 atom stereocenters. The summed E-state index contributed by atoms with van der Waals surface area (Å²) in [7, 11) is 0. The molecule has 0 saturated carbocycles. The summed E-state index contributed by atoms with van der Waals surface area (Å²) >= 11 is 0.285. The SMILES string of the molecule is CC(=O)C1=C(C)Nc2ncnn2C1C[Se]c1ccccc1. The van der Waals surface area contributed by atoms with Gasteiger partial charge in [-0.25, -0.2) is 0 Å². The third-order valence-electron chi connectivity index (χ3n) is 3.44. The fourth-order valence-corrected chi connectivity index (χ4v) is 4.63. The number of ketones is 1. The second-order valence-corrected chi connectivity index (χ2v) is 7.18. The van der Waals surface area contributed by atoms with Crippen molar-refractivity contribution >= 4 is 31.2 Å². The van der Waals surface area contributed by atoms with Crippen LogP contribution >= 0.6 is 0 Å². The zero-order valence-corrected chi connectivity index (χ0v) is 13.6. The van der Waals surface area contributed by atoms with Gasteiger partial charge in [0.25, 0.3) is 0 Å². The van der Waals surface area contributed by atoms with E-state index in [1.807, 2.05) is 29.8 Å². The minimum absolute atomic E-state index is 0.0264.